The largest absolute Gasteiger partial charge is 0.337 e. The van der Waals surface area contributed by atoms with E-state index in [1.165, 1.54) is 23.1 Å². The summed E-state index contributed by atoms with van der Waals surface area (Å²) in [4.78, 5) is 47.0. The average Bonchev–Trinajstić information content (AvgIpc) is 3.23. The van der Waals surface area contributed by atoms with E-state index in [4.69, 9.17) is 4.98 Å². The molecule has 5 rings (SSSR count). The van der Waals surface area contributed by atoms with Crippen LogP contribution >= 0.6 is 23.1 Å². The van der Waals surface area contributed by atoms with Crippen LogP contribution in [0.5, 0.6) is 0 Å². The maximum absolute atomic E-state index is 13.9. The third kappa shape index (κ3) is 5.06. The SMILES string of the molecule is CC(=O)N1CCc2c(sc3nc(SCC(=O)Nc4ccc(C)cc4C)n(-c4ccc(C)cc4)c(=O)c23)C1. The molecule has 0 radical (unpaired) electrons. The standard InChI is InChI=1S/C28H28N4O3S2/c1-16-5-8-20(9-6-16)32-27(35)25-21-11-12-31(19(4)33)14-23(21)37-26(25)30-28(32)36-15-24(34)29-22-10-7-17(2)13-18(22)3/h5-10,13H,11-12,14-15H2,1-4H3,(H,29,34). The van der Waals surface area contributed by atoms with E-state index >= 15 is 0 Å². The van der Waals surface area contributed by atoms with Gasteiger partial charge < -0.3 is 10.2 Å². The fraction of sp³-hybridized carbons (Fsp3) is 0.286. The molecule has 2 aromatic heterocycles. The maximum atomic E-state index is 13.9. The fourth-order valence-electron chi connectivity index (χ4n) is 4.58. The van der Waals surface area contributed by atoms with Gasteiger partial charge in [0.25, 0.3) is 5.56 Å². The number of rotatable bonds is 5. The molecular weight excluding hydrogens is 504 g/mol. The number of anilines is 1. The number of carbonyl (C=O) groups is 2. The van der Waals surface area contributed by atoms with Gasteiger partial charge in [-0.15, -0.1) is 11.3 Å². The Morgan fingerprint density at radius 2 is 1.81 bits per heavy atom. The van der Waals surface area contributed by atoms with Crippen molar-refractivity contribution in [3.8, 4) is 5.69 Å². The van der Waals surface area contributed by atoms with Gasteiger partial charge in [0, 0.05) is 24.0 Å². The lowest BCUT2D eigenvalue weighted by Crippen LogP contribution is -2.34. The first kappa shape index (κ1) is 25.2. The summed E-state index contributed by atoms with van der Waals surface area (Å²) in [6.45, 7) is 8.63. The van der Waals surface area contributed by atoms with Gasteiger partial charge in [-0.1, -0.05) is 47.2 Å². The molecule has 0 fully saturated rings. The summed E-state index contributed by atoms with van der Waals surface area (Å²) in [5, 5.41) is 4.06. The van der Waals surface area contributed by atoms with Crippen LogP contribution in [-0.2, 0) is 22.6 Å². The summed E-state index contributed by atoms with van der Waals surface area (Å²) in [5.41, 5.74) is 5.55. The summed E-state index contributed by atoms with van der Waals surface area (Å²) in [6, 6.07) is 13.6. The Morgan fingerprint density at radius 3 is 2.51 bits per heavy atom. The van der Waals surface area contributed by atoms with Gasteiger partial charge in [0.15, 0.2) is 5.16 Å². The maximum Gasteiger partial charge on any atom is 0.267 e. The summed E-state index contributed by atoms with van der Waals surface area (Å²) in [6.07, 6.45) is 0.629. The summed E-state index contributed by atoms with van der Waals surface area (Å²) in [5.74, 6) is -0.0242. The topological polar surface area (TPSA) is 84.3 Å². The summed E-state index contributed by atoms with van der Waals surface area (Å²) >= 11 is 2.71. The van der Waals surface area contributed by atoms with Crippen LogP contribution in [0.3, 0.4) is 0 Å². The van der Waals surface area contributed by atoms with Gasteiger partial charge in [-0.25, -0.2) is 4.98 Å². The zero-order chi connectivity index (χ0) is 26.3. The molecule has 1 aliphatic heterocycles. The van der Waals surface area contributed by atoms with E-state index in [1.54, 1.807) is 16.4 Å². The number of aryl methyl sites for hydroxylation is 3. The van der Waals surface area contributed by atoms with Crippen molar-refractivity contribution >= 4 is 50.8 Å². The van der Waals surface area contributed by atoms with Gasteiger partial charge in [-0.2, -0.15) is 0 Å². The number of hydrogen-bond donors (Lipinski definition) is 1. The van der Waals surface area contributed by atoms with Gasteiger partial charge in [-0.05, 0) is 56.5 Å². The Balaban J connectivity index is 1.52. The molecule has 4 aromatic rings. The van der Waals surface area contributed by atoms with E-state index in [2.05, 4.69) is 5.32 Å². The highest BCUT2D eigenvalue weighted by atomic mass is 32.2. The molecule has 0 unspecified atom stereocenters. The number of nitrogens with zero attached hydrogens (tertiary/aromatic N) is 3. The molecule has 0 atom stereocenters. The first-order chi connectivity index (χ1) is 17.7. The predicted octanol–water partition coefficient (Wildman–Crippen LogP) is 5.01. The van der Waals surface area contributed by atoms with E-state index in [-0.39, 0.29) is 23.1 Å². The lowest BCUT2D eigenvalue weighted by Gasteiger charge is -2.25. The van der Waals surface area contributed by atoms with Crippen molar-refractivity contribution in [2.24, 2.45) is 0 Å². The van der Waals surface area contributed by atoms with E-state index in [0.717, 1.165) is 32.8 Å². The zero-order valence-electron chi connectivity index (χ0n) is 21.3. The van der Waals surface area contributed by atoms with Gasteiger partial charge >= 0.3 is 0 Å². The third-order valence-electron chi connectivity index (χ3n) is 6.57. The van der Waals surface area contributed by atoms with Crippen molar-refractivity contribution < 1.29 is 9.59 Å². The average molecular weight is 533 g/mol. The number of thioether (sulfide) groups is 1. The summed E-state index contributed by atoms with van der Waals surface area (Å²) < 4.78 is 1.61. The number of fused-ring (bicyclic) bond motifs is 3. The van der Waals surface area contributed by atoms with Gasteiger partial charge in [0.05, 0.1) is 23.4 Å². The van der Waals surface area contributed by atoms with Crippen molar-refractivity contribution in [2.75, 3.05) is 17.6 Å². The second kappa shape index (κ2) is 10.1. The molecule has 0 bridgehead atoms. The Bertz CT molecular complexity index is 1590. The van der Waals surface area contributed by atoms with E-state index < -0.39 is 0 Å². The second-order valence-corrected chi connectivity index (χ2v) is 11.4. The third-order valence-corrected chi connectivity index (χ3v) is 8.62. The highest BCUT2D eigenvalue weighted by molar-refractivity contribution is 7.99. The highest BCUT2D eigenvalue weighted by Crippen LogP contribution is 2.34. The van der Waals surface area contributed by atoms with Gasteiger partial charge in [-0.3, -0.25) is 19.0 Å². The Labute approximate surface area is 223 Å². The monoisotopic (exact) mass is 532 g/mol. The number of nitrogens with one attached hydrogen (secondary N) is 1. The molecule has 0 saturated heterocycles. The smallest absolute Gasteiger partial charge is 0.267 e. The van der Waals surface area contributed by atoms with Crippen LogP contribution in [0, 0.1) is 20.8 Å². The first-order valence-electron chi connectivity index (χ1n) is 12.1. The van der Waals surface area contributed by atoms with Crippen molar-refractivity contribution in [1.82, 2.24) is 14.5 Å². The van der Waals surface area contributed by atoms with Crippen LogP contribution in [0.25, 0.3) is 15.9 Å². The molecular formula is C28H28N4O3S2. The number of hydrogen-bond acceptors (Lipinski definition) is 6. The predicted molar refractivity (Wildman–Crippen MR) is 150 cm³/mol. The molecule has 1 N–H and O–H groups in total. The molecule has 3 heterocycles. The minimum absolute atomic E-state index is 0.0270. The summed E-state index contributed by atoms with van der Waals surface area (Å²) in [7, 11) is 0. The van der Waals surface area contributed by atoms with Crippen LogP contribution in [0.4, 0.5) is 5.69 Å². The minimum Gasteiger partial charge on any atom is -0.337 e. The molecule has 2 amide bonds. The Hall–Kier alpha value is -3.43. The Morgan fingerprint density at radius 1 is 1.08 bits per heavy atom. The minimum atomic E-state index is -0.163. The number of thiophene rings is 1. The van der Waals surface area contributed by atoms with Crippen LogP contribution in [0.2, 0.25) is 0 Å². The number of aromatic nitrogens is 2. The van der Waals surface area contributed by atoms with Crippen LogP contribution in [0.15, 0.2) is 52.4 Å². The number of amides is 2. The molecule has 2 aromatic carbocycles. The lowest BCUT2D eigenvalue weighted by atomic mass is 10.1. The zero-order valence-corrected chi connectivity index (χ0v) is 22.9. The highest BCUT2D eigenvalue weighted by Gasteiger charge is 2.26. The molecule has 37 heavy (non-hydrogen) atoms. The Kier molecular flexibility index (Phi) is 6.92. The molecule has 0 spiro atoms. The quantitative estimate of drug-likeness (QED) is 0.289. The number of carbonyl (C=O) groups excluding carboxylic acids is 2. The number of benzene rings is 2. The van der Waals surface area contributed by atoms with Crippen molar-refractivity contribution in [3.05, 3.63) is 79.9 Å². The first-order valence-corrected chi connectivity index (χ1v) is 13.9. The van der Waals surface area contributed by atoms with Crippen LogP contribution in [-0.4, -0.2) is 38.6 Å². The fourth-order valence-corrected chi connectivity index (χ4v) is 6.67. The normalized spacial score (nSPS) is 13.0. The van der Waals surface area contributed by atoms with Gasteiger partial charge in [0.1, 0.15) is 4.83 Å². The van der Waals surface area contributed by atoms with Crippen molar-refractivity contribution in [1.29, 1.82) is 0 Å². The van der Waals surface area contributed by atoms with Crippen molar-refractivity contribution in [2.45, 2.75) is 45.8 Å². The van der Waals surface area contributed by atoms with E-state index in [9.17, 15) is 14.4 Å². The molecule has 0 saturated carbocycles. The molecule has 190 valence electrons. The molecule has 9 heteroatoms. The molecule has 7 nitrogen and oxygen atoms in total. The second-order valence-electron chi connectivity index (χ2n) is 9.40. The van der Waals surface area contributed by atoms with Crippen LogP contribution < -0.4 is 10.9 Å². The van der Waals surface area contributed by atoms with Crippen molar-refractivity contribution in [3.63, 3.8) is 0 Å². The molecule has 1 aliphatic rings. The van der Waals surface area contributed by atoms with E-state index in [0.29, 0.717) is 40.6 Å². The molecule has 0 aliphatic carbocycles. The van der Waals surface area contributed by atoms with E-state index in [1.807, 2.05) is 63.2 Å². The lowest BCUT2D eigenvalue weighted by molar-refractivity contribution is -0.129. The van der Waals surface area contributed by atoms with Crippen LogP contribution in [0.1, 0.15) is 34.1 Å². The van der Waals surface area contributed by atoms with Gasteiger partial charge in [0.2, 0.25) is 11.8 Å².